The van der Waals surface area contributed by atoms with E-state index < -0.39 is 0 Å². The molecule has 0 bridgehead atoms. The lowest BCUT2D eigenvalue weighted by Gasteiger charge is -2.19. The molecule has 22 heavy (non-hydrogen) atoms. The molecule has 2 aromatic carbocycles. The molecular formula is C18H17ClN2O. The summed E-state index contributed by atoms with van der Waals surface area (Å²) in [6.45, 7) is 4.88. The Labute approximate surface area is 135 Å². The molecule has 3 nitrogen and oxygen atoms in total. The topological polar surface area (TPSA) is 41.5 Å². The Morgan fingerprint density at radius 2 is 1.82 bits per heavy atom. The molecule has 0 saturated heterocycles. The monoisotopic (exact) mass is 312 g/mol. The molecule has 0 radical (unpaired) electrons. The largest absolute Gasteiger partial charge is 0.363 e. The van der Waals surface area contributed by atoms with Gasteiger partial charge in [-0.3, -0.25) is 9.79 Å². The highest BCUT2D eigenvalue weighted by Crippen LogP contribution is 2.20. The van der Waals surface area contributed by atoms with E-state index in [4.69, 9.17) is 11.6 Å². The molecule has 0 amide bonds. The summed E-state index contributed by atoms with van der Waals surface area (Å²) in [6, 6.07) is 14.5. The fourth-order valence-electron chi connectivity index (χ4n) is 2.47. The van der Waals surface area contributed by atoms with Crippen molar-refractivity contribution in [1.82, 2.24) is 5.32 Å². The number of carbonyl (C=O) groups is 1. The summed E-state index contributed by atoms with van der Waals surface area (Å²) in [7, 11) is 0. The van der Waals surface area contributed by atoms with Gasteiger partial charge < -0.3 is 5.32 Å². The van der Waals surface area contributed by atoms with Crippen LogP contribution in [0.3, 0.4) is 0 Å². The van der Waals surface area contributed by atoms with Crippen LogP contribution >= 0.6 is 11.6 Å². The summed E-state index contributed by atoms with van der Waals surface area (Å²) >= 11 is 5.89. The zero-order valence-corrected chi connectivity index (χ0v) is 13.3. The van der Waals surface area contributed by atoms with Gasteiger partial charge in [0.1, 0.15) is 5.84 Å². The van der Waals surface area contributed by atoms with Crippen molar-refractivity contribution >= 4 is 23.2 Å². The third-order valence-corrected chi connectivity index (χ3v) is 3.87. The molecule has 3 rings (SSSR count). The van der Waals surface area contributed by atoms with Crippen molar-refractivity contribution in [3.05, 3.63) is 70.2 Å². The highest BCUT2D eigenvalue weighted by atomic mass is 35.5. The Bertz CT molecular complexity index is 748. The summed E-state index contributed by atoms with van der Waals surface area (Å²) in [4.78, 5) is 17.3. The third kappa shape index (κ3) is 2.90. The van der Waals surface area contributed by atoms with Crippen LogP contribution in [0.5, 0.6) is 0 Å². The van der Waals surface area contributed by atoms with Crippen molar-refractivity contribution in [2.75, 3.05) is 6.54 Å². The summed E-state index contributed by atoms with van der Waals surface area (Å²) < 4.78 is 0. The first-order valence-electron chi connectivity index (χ1n) is 7.19. The van der Waals surface area contributed by atoms with Crippen LogP contribution < -0.4 is 5.32 Å². The maximum Gasteiger partial charge on any atom is 0.193 e. The van der Waals surface area contributed by atoms with Crippen LogP contribution in [-0.2, 0) is 0 Å². The summed E-state index contributed by atoms with van der Waals surface area (Å²) in [5.41, 5.74) is 2.03. The first kappa shape index (κ1) is 14.8. The Kier molecular flexibility index (Phi) is 3.75. The number of rotatable bonds is 3. The highest BCUT2D eigenvalue weighted by Gasteiger charge is 2.27. The van der Waals surface area contributed by atoms with Crippen molar-refractivity contribution in [3.63, 3.8) is 0 Å². The van der Waals surface area contributed by atoms with E-state index in [0.717, 1.165) is 11.4 Å². The van der Waals surface area contributed by atoms with Crippen molar-refractivity contribution in [2.45, 2.75) is 19.4 Å². The Hall–Kier alpha value is -2.13. The number of hydrogen-bond donors (Lipinski definition) is 1. The van der Waals surface area contributed by atoms with Crippen LogP contribution in [0.25, 0.3) is 0 Å². The van der Waals surface area contributed by atoms with E-state index in [2.05, 4.69) is 24.2 Å². The lowest BCUT2D eigenvalue weighted by atomic mass is 9.97. The molecule has 0 aromatic heterocycles. The van der Waals surface area contributed by atoms with Crippen LogP contribution in [0, 0.1) is 0 Å². The van der Waals surface area contributed by atoms with Gasteiger partial charge in [0, 0.05) is 21.7 Å². The molecule has 0 aliphatic carbocycles. The van der Waals surface area contributed by atoms with Gasteiger partial charge in [-0.05, 0) is 38.1 Å². The first-order valence-corrected chi connectivity index (χ1v) is 7.56. The van der Waals surface area contributed by atoms with Crippen molar-refractivity contribution < 1.29 is 4.79 Å². The van der Waals surface area contributed by atoms with E-state index in [1.54, 1.807) is 24.3 Å². The maximum absolute atomic E-state index is 12.8. The normalized spacial score (nSPS) is 16.0. The van der Waals surface area contributed by atoms with Gasteiger partial charge in [-0.25, -0.2) is 0 Å². The minimum atomic E-state index is -0.0776. The second kappa shape index (κ2) is 5.58. The van der Waals surface area contributed by atoms with E-state index in [9.17, 15) is 4.79 Å². The molecule has 112 valence electrons. The number of carbonyl (C=O) groups excluding carboxylic acids is 1. The van der Waals surface area contributed by atoms with Crippen LogP contribution in [0.1, 0.15) is 35.3 Å². The van der Waals surface area contributed by atoms with Gasteiger partial charge in [0.2, 0.25) is 0 Å². The SMILES string of the molecule is CC1(C)CN=C(c2ccccc2C(=O)c2ccc(Cl)cc2)N1. The molecule has 0 spiro atoms. The lowest BCUT2D eigenvalue weighted by molar-refractivity contribution is 0.103. The number of nitrogens with one attached hydrogen (secondary N) is 1. The van der Waals surface area contributed by atoms with Crippen molar-refractivity contribution in [2.24, 2.45) is 4.99 Å². The van der Waals surface area contributed by atoms with Crippen LogP contribution in [-0.4, -0.2) is 23.7 Å². The molecule has 1 N–H and O–H groups in total. The van der Waals surface area contributed by atoms with Gasteiger partial charge in [-0.1, -0.05) is 35.9 Å². The number of amidine groups is 1. The van der Waals surface area contributed by atoms with Crippen molar-refractivity contribution in [1.29, 1.82) is 0 Å². The predicted octanol–water partition coefficient (Wildman–Crippen LogP) is 3.70. The minimum absolute atomic E-state index is 0.0264. The fraction of sp³-hybridized carbons (Fsp3) is 0.222. The van der Waals surface area contributed by atoms with Gasteiger partial charge >= 0.3 is 0 Å². The molecule has 0 fully saturated rings. The van der Waals surface area contributed by atoms with E-state index in [1.807, 2.05) is 24.3 Å². The first-order chi connectivity index (χ1) is 10.5. The summed E-state index contributed by atoms with van der Waals surface area (Å²) in [6.07, 6.45) is 0. The molecule has 0 unspecified atom stereocenters. The predicted molar refractivity (Wildman–Crippen MR) is 89.9 cm³/mol. The Balaban J connectivity index is 1.98. The second-order valence-corrected chi connectivity index (χ2v) is 6.49. The zero-order valence-electron chi connectivity index (χ0n) is 12.6. The molecule has 0 saturated carbocycles. The van der Waals surface area contributed by atoms with Crippen molar-refractivity contribution in [3.8, 4) is 0 Å². The van der Waals surface area contributed by atoms with E-state index in [1.165, 1.54) is 0 Å². The molecule has 0 atom stereocenters. The van der Waals surface area contributed by atoms with Crippen LogP contribution in [0.15, 0.2) is 53.5 Å². The van der Waals surface area contributed by atoms with E-state index >= 15 is 0 Å². The number of ketones is 1. The number of aliphatic imine (C=N–C) groups is 1. The number of benzene rings is 2. The maximum atomic E-state index is 12.8. The standard InChI is InChI=1S/C18H17ClN2O/c1-18(2)11-20-17(21-18)15-6-4-3-5-14(15)16(22)12-7-9-13(19)10-8-12/h3-10H,11H2,1-2H3,(H,20,21). The average Bonchev–Trinajstić information content (AvgIpc) is 2.87. The molecule has 1 heterocycles. The van der Waals surface area contributed by atoms with Gasteiger partial charge in [0.25, 0.3) is 0 Å². The minimum Gasteiger partial charge on any atom is -0.363 e. The number of halogens is 1. The molecular weight excluding hydrogens is 296 g/mol. The number of hydrogen-bond acceptors (Lipinski definition) is 3. The quantitative estimate of drug-likeness (QED) is 0.878. The third-order valence-electron chi connectivity index (χ3n) is 3.62. The van der Waals surface area contributed by atoms with Gasteiger partial charge in [0.05, 0.1) is 12.1 Å². The van der Waals surface area contributed by atoms with Gasteiger partial charge in [0.15, 0.2) is 5.78 Å². The van der Waals surface area contributed by atoms with Gasteiger partial charge in [-0.2, -0.15) is 0 Å². The molecule has 1 aliphatic heterocycles. The molecule has 1 aliphatic rings. The second-order valence-electron chi connectivity index (χ2n) is 6.06. The zero-order chi connectivity index (χ0) is 15.7. The lowest BCUT2D eigenvalue weighted by Crippen LogP contribution is -2.40. The Morgan fingerprint density at radius 1 is 1.14 bits per heavy atom. The van der Waals surface area contributed by atoms with Crippen LogP contribution in [0.4, 0.5) is 0 Å². The summed E-state index contributed by atoms with van der Waals surface area (Å²) in [5.74, 6) is 0.754. The number of nitrogens with zero attached hydrogens (tertiary/aromatic N) is 1. The highest BCUT2D eigenvalue weighted by molar-refractivity contribution is 6.30. The molecule has 4 heteroatoms. The van der Waals surface area contributed by atoms with Crippen LogP contribution in [0.2, 0.25) is 5.02 Å². The van der Waals surface area contributed by atoms with E-state index in [0.29, 0.717) is 22.7 Å². The molecule has 2 aromatic rings. The Morgan fingerprint density at radius 3 is 2.45 bits per heavy atom. The smallest absolute Gasteiger partial charge is 0.193 e. The van der Waals surface area contributed by atoms with Gasteiger partial charge in [-0.15, -0.1) is 0 Å². The summed E-state index contributed by atoms with van der Waals surface area (Å²) in [5, 5.41) is 4.00. The fourth-order valence-corrected chi connectivity index (χ4v) is 2.60. The van der Waals surface area contributed by atoms with E-state index in [-0.39, 0.29) is 11.3 Å². The average molecular weight is 313 g/mol.